The summed E-state index contributed by atoms with van der Waals surface area (Å²) in [5.41, 5.74) is -0.217. The lowest BCUT2D eigenvalue weighted by atomic mass is 9.89. The molecule has 0 aliphatic heterocycles. The van der Waals surface area contributed by atoms with E-state index in [0.717, 1.165) is 0 Å². The Hall–Kier alpha value is -3.94. The molecule has 0 heterocycles. The van der Waals surface area contributed by atoms with Gasteiger partial charge < -0.3 is 30.3 Å². The predicted octanol–water partition coefficient (Wildman–Crippen LogP) is 5.47. The Morgan fingerprint density at radius 2 is 1.39 bits per heavy atom. The van der Waals surface area contributed by atoms with Crippen LogP contribution in [0.4, 0.5) is 0 Å². The van der Waals surface area contributed by atoms with Gasteiger partial charge in [0.25, 0.3) is 6.47 Å². The number of benzene rings is 2. The van der Waals surface area contributed by atoms with Gasteiger partial charge >= 0.3 is 5.97 Å². The summed E-state index contributed by atoms with van der Waals surface area (Å²) in [4.78, 5) is 21.9. The second-order valence-electron chi connectivity index (χ2n) is 9.97. The van der Waals surface area contributed by atoms with Crippen molar-refractivity contribution in [1.82, 2.24) is 0 Å². The van der Waals surface area contributed by atoms with E-state index >= 15 is 0 Å². The quantitative estimate of drug-likeness (QED) is 0.147. The predicted molar refractivity (Wildman–Crippen MR) is 138 cm³/mol. The Balaban J connectivity index is 2.26. The molecule has 8 nitrogen and oxygen atoms in total. The van der Waals surface area contributed by atoms with Crippen LogP contribution in [0.3, 0.4) is 0 Å². The largest absolute Gasteiger partial charge is 0.508 e. The van der Waals surface area contributed by atoms with E-state index in [9.17, 15) is 35.1 Å². The van der Waals surface area contributed by atoms with Crippen LogP contribution in [0.5, 0.6) is 23.0 Å². The minimum Gasteiger partial charge on any atom is -0.508 e. The number of aryl methyl sites for hydroxylation is 1. The van der Waals surface area contributed by atoms with E-state index in [0.29, 0.717) is 42.4 Å². The number of carbonyl (C=O) groups is 2. The van der Waals surface area contributed by atoms with Gasteiger partial charge in [0.15, 0.2) is 0 Å². The van der Waals surface area contributed by atoms with Gasteiger partial charge in [0.1, 0.15) is 28.6 Å². The summed E-state index contributed by atoms with van der Waals surface area (Å²) in [5, 5.41) is 50.9. The van der Waals surface area contributed by atoms with Crippen LogP contribution in [-0.4, -0.2) is 43.6 Å². The summed E-state index contributed by atoms with van der Waals surface area (Å²) in [5.74, 6) is -1.26. The minimum atomic E-state index is -0.979. The topological polar surface area (TPSA) is 145 Å². The molecule has 0 saturated heterocycles. The van der Waals surface area contributed by atoms with Gasteiger partial charge in [-0.25, -0.2) is 0 Å². The number of aromatic hydroxyl groups is 4. The van der Waals surface area contributed by atoms with Crippen LogP contribution in [0.2, 0.25) is 0 Å². The number of allylic oxidation sites excluding steroid dienone is 1. The summed E-state index contributed by atoms with van der Waals surface area (Å²) in [7, 11) is 0. The number of carboxylic acids is 1. The third-order valence-electron chi connectivity index (χ3n) is 5.90. The van der Waals surface area contributed by atoms with Crippen LogP contribution >= 0.6 is 0 Å². The third-order valence-corrected chi connectivity index (χ3v) is 5.90. The van der Waals surface area contributed by atoms with Crippen LogP contribution < -0.4 is 0 Å². The van der Waals surface area contributed by atoms with Crippen LogP contribution in [0.15, 0.2) is 30.3 Å². The standard InChI is InChI=1S/C28H34O8/c1-27(2,26(34)35)11-5-7-18-13-22(30)15-20(24(18)32)9-10-21-16-23(31)14-19(25(21)33)8-6-12-28(3,4)36-17-29/h5,7,9-10,13-17,30-33H,6,8,11-12H2,1-4H3,(H,34,35)/b7-5+,10-9-. The zero-order valence-electron chi connectivity index (χ0n) is 21.0. The van der Waals surface area contributed by atoms with E-state index in [-0.39, 0.29) is 35.0 Å². The smallest absolute Gasteiger partial charge is 0.309 e. The second-order valence-corrected chi connectivity index (χ2v) is 9.97. The molecule has 0 radical (unpaired) electrons. The van der Waals surface area contributed by atoms with E-state index in [1.54, 1.807) is 33.8 Å². The molecule has 0 atom stereocenters. The molecule has 2 aromatic rings. The number of ether oxygens (including phenoxy) is 1. The van der Waals surface area contributed by atoms with Crippen molar-refractivity contribution in [1.29, 1.82) is 0 Å². The van der Waals surface area contributed by atoms with Crippen molar-refractivity contribution in [2.24, 2.45) is 5.41 Å². The summed E-state index contributed by atoms with van der Waals surface area (Å²) < 4.78 is 5.04. The monoisotopic (exact) mass is 498 g/mol. The van der Waals surface area contributed by atoms with Gasteiger partial charge in [-0.2, -0.15) is 0 Å². The lowest BCUT2D eigenvalue weighted by molar-refractivity contribution is -0.146. The number of carbonyl (C=O) groups excluding carboxylic acids is 1. The lowest BCUT2D eigenvalue weighted by Gasteiger charge is -2.22. The van der Waals surface area contributed by atoms with Crippen molar-refractivity contribution in [2.75, 3.05) is 0 Å². The van der Waals surface area contributed by atoms with Gasteiger partial charge in [-0.15, -0.1) is 0 Å². The number of aliphatic carboxylic acids is 1. The lowest BCUT2D eigenvalue weighted by Crippen LogP contribution is -2.23. The molecule has 36 heavy (non-hydrogen) atoms. The number of phenols is 4. The zero-order chi connectivity index (χ0) is 27.1. The Morgan fingerprint density at radius 1 is 0.861 bits per heavy atom. The SMILES string of the molecule is CC(C)(CCCc1cc(O)cc(/C=C\c2cc(O)cc(/C=C/CC(C)(C)C(=O)O)c2O)c1O)OC=O. The van der Waals surface area contributed by atoms with Crippen molar-refractivity contribution in [3.05, 3.63) is 52.6 Å². The maximum atomic E-state index is 11.3. The summed E-state index contributed by atoms with van der Waals surface area (Å²) in [6, 6.07) is 5.55. The fourth-order valence-corrected chi connectivity index (χ4v) is 3.58. The molecule has 194 valence electrons. The van der Waals surface area contributed by atoms with Gasteiger partial charge in [0, 0.05) is 16.7 Å². The Bertz CT molecular complexity index is 1160. The first-order valence-corrected chi connectivity index (χ1v) is 11.6. The zero-order valence-corrected chi connectivity index (χ0v) is 21.0. The van der Waals surface area contributed by atoms with E-state index in [1.165, 1.54) is 42.5 Å². The minimum absolute atomic E-state index is 0.0335. The Labute approximate surface area is 210 Å². The highest BCUT2D eigenvalue weighted by atomic mass is 16.5. The highest BCUT2D eigenvalue weighted by Crippen LogP contribution is 2.34. The molecule has 0 fully saturated rings. The van der Waals surface area contributed by atoms with Crippen LogP contribution in [0.25, 0.3) is 18.2 Å². The summed E-state index contributed by atoms with van der Waals surface area (Å²) in [6.45, 7) is 7.16. The van der Waals surface area contributed by atoms with Gasteiger partial charge in [-0.1, -0.05) is 24.3 Å². The van der Waals surface area contributed by atoms with Crippen molar-refractivity contribution >= 4 is 30.7 Å². The Kier molecular flexibility index (Phi) is 9.17. The van der Waals surface area contributed by atoms with Gasteiger partial charge in [-0.3, -0.25) is 9.59 Å². The van der Waals surface area contributed by atoms with Crippen LogP contribution in [-0.2, 0) is 20.7 Å². The molecule has 0 bridgehead atoms. The maximum Gasteiger partial charge on any atom is 0.309 e. The molecule has 0 unspecified atom stereocenters. The molecule has 0 amide bonds. The number of phenolic OH excluding ortho intramolecular Hbond substituents is 4. The molecule has 2 aromatic carbocycles. The van der Waals surface area contributed by atoms with Crippen molar-refractivity contribution in [2.45, 2.75) is 59.0 Å². The first-order valence-electron chi connectivity index (χ1n) is 11.6. The van der Waals surface area contributed by atoms with Gasteiger partial charge in [0.2, 0.25) is 0 Å². The molecule has 0 spiro atoms. The maximum absolute atomic E-state index is 11.3. The third kappa shape index (κ3) is 7.80. The first kappa shape index (κ1) is 28.3. The fourth-order valence-electron chi connectivity index (χ4n) is 3.58. The molecule has 0 saturated carbocycles. The first-order chi connectivity index (χ1) is 16.8. The average Bonchev–Trinajstić information content (AvgIpc) is 2.77. The molecule has 0 aromatic heterocycles. The van der Waals surface area contributed by atoms with Crippen LogP contribution in [0.1, 0.15) is 69.2 Å². The average molecular weight is 499 g/mol. The van der Waals surface area contributed by atoms with Crippen molar-refractivity contribution < 1.29 is 39.9 Å². The van der Waals surface area contributed by atoms with E-state index in [2.05, 4.69) is 0 Å². The van der Waals surface area contributed by atoms with E-state index in [1.807, 2.05) is 0 Å². The van der Waals surface area contributed by atoms with Gasteiger partial charge in [0.05, 0.1) is 5.41 Å². The Morgan fingerprint density at radius 3 is 1.94 bits per heavy atom. The summed E-state index contributed by atoms with van der Waals surface area (Å²) >= 11 is 0. The number of carboxylic acid groups (broad SMARTS) is 1. The number of hydrogen-bond donors (Lipinski definition) is 5. The highest BCUT2D eigenvalue weighted by molar-refractivity contribution is 5.79. The normalized spacial score (nSPS) is 12.3. The molecule has 2 rings (SSSR count). The summed E-state index contributed by atoms with van der Waals surface area (Å²) in [6.07, 6.45) is 7.97. The highest BCUT2D eigenvalue weighted by Gasteiger charge is 2.25. The van der Waals surface area contributed by atoms with Crippen molar-refractivity contribution in [3.63, 3.8) is 0 Å². The molecular weight excluding hydrogens is 464 g/mol. The molecule has 0 aliphatic carbocycles. The molecule has 8 heteroatoms. The molecule has 0 aliphatic rings. The van der Waals surface area contributed by atoms with Crippen LogP contribution in [0, 0.1) is 5.41 Å². The van der Waals surface area contributed by atoms with Crippen molar-refractivity contribution in [3.8, 4) is 23.0 Å². The second kappa shape index (κ2) is 11.7. The van der Waals surface area contributed by atoms with Gasteiger partial charge in [-0.05, 0) is 83.2 Å². The fraction of sp³-hybridized carbons (Fsp3) is 0.357. The number of hydrogen-bond acceptors (Lipinski definition) is 7. The number of rotatable bonds is 12. The van der Waals surface area contributed by atoms with E-state index in [4.69, 9.17) is 4.74 Å². The molecule has 5 N–H and O–H groups in total. The molecular formula is C28H34O8. The van der Waals surface area contributed by atoms with E-state index < -0.39 is 17.0 Å².